The highest BCUT2D eigenvalue weighted by Gasteiger charge is 2.05. The molecule has 0 saturated heterocycles. The molecule has 2 rings (SSSR count). The van der Waals surface area contributed by atoms with Gasteiger partial charge in [0, 0.05) is 12.6 Å². The molecule has 0 amide bonds. The summed E-state index contributed by atoms with van der Waals surface area (Å²) in [4.78, 5) is 10.5. The third kappa shape index (κ3) is 2.74. The molecule has 0 spiro atoms. The SMILES string of the molecule is CC(CC=O)c1ccc(-n2cc(Cl)cn2)cc1. The summed E-state index contributed by atoms with van der Waals surface area (Å²) < 4.78 is 1.72. The molecule has 3 nitrogen and oxygen atoms in total. The number of aldehydes is 1. The first-order chi connectivity index (χ1) is 8.20. The van der Waals surface area contributed by atoms with Gasteiger partial charge in [-0.15, -0.1) is 0 Å². The average Bonchev–Trinajstić information content (AvgIpc) is 2.76. The van der Waals surface area contributed by atoms with Crippen LogP contribution >= 0.6 is 11.6 Å². The lowest BCUT2D eigenvalue weighted by molar-refractivity contribution is -0.108. The van der Waals surface area contributed by atoms with Crippen LogP contribution in [0, 0.1) is 0 Å². The average molecular weight is 249 g/mol. The van der Waals surface area contributed by atoms with Gasteiger partial charge in [0.15, 0.2) is 0 Å². The van der Waals surface area contributed by atoms with Crippen molar-refractivity contribution in [2.75, 3.05) is 0 Å². The summed E-state index contributed by atoms with van der Waals surface area (Å²) in [5.41, 5.74) is 2.11. The van der Waals surface area contributed by atoms with Gasteiger partial charge >= 0.3 is 0 Å². The van der Waals surface area contributed by atoms with Gasteiger partial charge in [0.05, 0.1) is 16.9 Å². The molecule has 0 N–H and O–H groups in total. The van der Waals surface area contributed by atoms with Crippen molar-refractivity contribution < 1.29 is 4.79 Å². The molecule has 88 valence electrons. The standard InChI is InChI=1S/C13H13ClN2O/c1-10(6-7-17)11-2-4-13(5-3-11)16-9-12(14)8-15-16/h2-5,7-10H,6H2,1H3. The first-order valence-electron chi connectivity index (χ1n) is 5.45. The smallest absolute Gasteiger partial charge is 0.120 e. The third-order valence-electron chi connectivity index (χ3n) is 2.73. The van der Waals surface area contributed by atoms with E-state index in [-0.39, 0.29) is 5.92 Å². The number of hydrogen-bond acceptors (Lipinski definition) is 2. The molecule has 2 aromatic rings. The Kier molecular flexibility index (Phi) is 3.59. The van der Waals surface area contributed by atoms with E-state index < -0.39 is 0 Å². The molecule has 0 aliphatic carbocycles. The Morgan fingerprint density at radius 2 is 2.12 bits per heavy atom. The highest BCUT2D eigenvalue weighted by Crippen LogP contribution is 2.20. The van der Waals surface area contributed by atoms with Gasteiger partial charge in [-0.3, -0.25) is 0 Å². The second-order valence-electron chi connectivity index (χ2n) is 4.00. The number of benzene rings is 1. The zero-order valence-corrected chi connectivity index (χ0v) is 10.3. The van der Waals surface area contributed by atoms with Gasteiger partial charge in [0.1, 0.15) is 6.29 Å². The summed E-state index contributed by atoms with van der Waals surface area (Å²) in [6.45, 7) is 2.04. The van der Waals surface area contributed by atoms with Crippen LogP contribution in [0.4, 0.5) is 0 Å². The van der Waals surface area contributed by atoms with E-state index in [2.05, 4.69) is 5.10 Å². The Bertz CT molecular complexity index is 504. The van der Waals surface area contributed by atoms with Crippen LogP contribution in [-0.4, -0.2) is 16.1 Å². The molecule has 0 aliphatic rings. The normalized spacial score (nSPS) is 12.4. The van der Waals surface area contributed by atoms with Crippen molar-refractivity contribution in [2.24, 2.45) is 0 Å². The maximum atomic E-state index is 10.5. The Morgan fingerprint density at radius 1 is 1.41 bits per heavy atom. The zero-order valence-electron chi connectivity index (χ0n) is 9.51. The number of rotatable bonds is 4. The minimum absolute atomic E-state index is 0.253. The van der Waals surface area contributed by atoms with Crippen LogP contribution in [0.3, 0.4) is 0 Å². The largest absolute Gasteiger partial charge is 0.303 e. The molecular weight excluding hydrogens is 236 g/mol. The van der Waals surface area contributed by atoms with E-state index in [4.69, 9.17) is 11.6 Å². The van der Waals surface area contributed by atoms with Crippen LogP contribution in [0.2, 0.25) is 5.02 Å². The molecule has 0 saturated carbocycles. The minimum Gasteiger partial charge on any atom is -0.303 e. The molecule has 4 heteroatoms. The van der Waals surface area contributed by atoms with Crippen LogP contribution in [0.25, 0.3) is 5.69 Å². The summed E-state index contributed by atoms with van der Waals surface area (Å²) in [6.07, 6.45) is 4.86. The molecule has 0 radical (unpaired) electrons. The van der Waals surface area contributed by atoms with Gasteiger partial charge in [-0.05, 0) is 23.6 Å². The summed E-state index contributed by atoms with van der Waals surface area (Å²) in [6, 6.07) is 7.97. The molecule has 0 aliphatic heterocycles. The van der Waals surface area contributed by atoms with Crippen molar-refractivity contribution in [1.82, 2.24) is 9.78 Å². The van der Waals surface area contributed by atoms with Crippen molar-refractivity contribution >= 4 is 17.9 Å². The third-order valence-corrected chi connectivity index (χ3v) is 2.92. The van der Waals surface area contributed by atoms with E-state index >= 15 is 0 Å². The maximum Gasteiger partial charge on any atom is 0.120 e. The molecule has 1 aromatic carbocycles. The second kappa shape index (κ2) is 5.15. The molecule has 1 aromatic heterocycles. The molecule has 0 bridgehead atoms. The fourth-order valence-corrected chi connectivity index (χ4v) is 1.81. The van der Waals surface area contributed by atoms with Gasteiger partial charge in [0.25, 0.3) is 0 Å². The zero-order chi connectivity index (χ0) is 12.3. The number of hydrogen-bond donors (Lipinski definition) is 0. The van der Waals surface area contributed by atoms with Crippen LogP contribution < -0.4 is 0 Å². The van der Waals surface area contributed by atoms with Crippen LogP contribution in [0.15, 0.2) is 36.7 Å². The fraction of sp³-hybridized carbons (Fsp3) is 0.231. The molecule has 1 atom stereocenters. The van der Waals surface area contributed by atoms with Gasteiger partial charge in [-0.2, -0.15) is 5.10 Å². The number of aromatic nitrogens is 2. The van der Waals surface area contributed by atoms with Gasteiger partial charge < -0.3 is 4.79 Å². The topological polar surface area (TPSA) is 34.9 Å². The number of nitrogens with zero attached hydrogens (tertiary/aromatic N) is 2. The Morgan fingerprint density at radius 3 is 2.65 bits per heavy atom. The minimum atomic E-state index is 0.253. The number of halogens is 1. The number of carbonyl (C=O) groups excluding carboxylic acids is 1. The molecule has 0 fully saturated rings. The van der Waals surface area contributed by atoms with Crippen molar-refractivity contribution in [1.29, 1.82) is 0 Å². The van der Waals surface area contributed by atoms with Crippen molar-refractivity contribution in [3.8, 4) is 5.69 Å². The fourth-order valence-electron chi connectivity index (χ4n) is 1.68. The predicted octanol–water partition coefficient (Wildman–Crippen LogP) is 3.22. The van der Waals surface area contributed by atoms with E-state index in [9.17, 15) is 4.79 Å². The first kappa shape index (κ1) is 11.9. The van der Waals surface area contributed by atoms with Crippen molar-refractivity contribution in [3.63, 3.8) is 0 Å². The Hall–Kier alpha value is -1.61. The summed E-state index contributed by atoms with van der Waals surface area (Å²) in [5, 5.41) is 4.74. The lowest BCUT2D eigenvalue weighted by Crippen LogP contribution is -1.97. The van der Waals surface area contributed by atoms with Crippen LogP contribution in [-0.2, 0) is 4.79 Å². The number of carbonyl (C=O) groups is 1. The monoisotopic (exact) mass is 248 g/mol. The van der Waals surface area contributed by atoms with E-state index in [1.807, 2.05) is 31.2 Å². The highest BCUT2D eigenvalue weighted by atomic mass is 35.5. The van der Waals surface area contributed by atoms with Crippen molar-refractivity contribution in [3.05, 3.63) is 47.2 Å². The van der Waals surface area contributed by atoms with Gasteiger partial charge in [-0.25, -0.2) is 4.68 Å². The lowest BCUT2D eigenvalue weighted by atomic mass is 9.98. The second-order valence-corrected chi connectivity index (χ2v) is 4.43. The first-order valence-corrected chi connectivity index (χ1v) is 5.82. The predicted molar refractivity (Wildman–Crippen MR) is 67.7 cm³/mol. The van der Waals surface area contributed by atoms with Crippen LogP contribution in [0.5, 0.6) is 0 Å². The van der Waals surface area contributed by atoms with Gasteiger partial charge in [-0.1, -0.05) is 30.7 Å². The Balaban J connectivity index is 2.21. The molecule has 1 unspecified atom stereocenters. The van der Waals surface area contributed by atoms with E-state index in [0.29, 0.717) is 11.4 Å². The van der Waals surface area contributed by atoms with Crippen LogP contribution in [0.1, 0.15) is 24.8 Å². The maximum absolute atomic E-state index is 10.5. The molecule has 1 heterocycles. The Labute approximate surface area is 105 Å². The van der Waals surface area contributed by atoms with E-state index in [1.165, 1.54) is 0 Å². The van der Waals surface area contributed by atoms with Crippen molar-refractivity contribution in [2.45, 2.75) is 19.3 Å². The summed E-state index contributed by atoms with van der Waals surface area (Å²) >= 11 is 5.81. The summed E-state index contributed by atoms with van der Waals surface area (Å²) in [5.74, 6) is 0.253. The molecular formula is C13H13ClN2O. The van der Waals surface area contributed by atoms with Gasteiger partial charge in [0.2, 0.25) is 0 Å². The highest BCUT2D eigenvalue weighted by molar-refractivity contribution is 6.30. The molecule has 17 heavy (non-hydrogen) atoms. The quantitative estimate of drug-likeness (QED) is 0.779. The lowest BCUT2D eigenvalue weighted by Gasteiger charge is -2.09. The van der Waals surface area contributed by atoms with E-state index in [0.717, 1.165) is 17.5 Å². The van der Waals surface area contributed by atoms with E-state index in [1.54, 1.807) is 17.1 Å². The summed E-state index contributed by atoms with van der Waals surface area (Å²) in [7, 11) is 0.